The highest BCUT2D eigenvalue weighted by Gasteiger charge is 2.29. The van der Waals surface area contributed by atoms with Crippen molar-refractivity contribution in [2.24, 2.45) is 5.92 Å². The first-order valence-electron chi connectivity index (χ1n) is 9.37. The molecule has 1 fully saturated rings. The Morgan fingerprint density at radius 2 is 1.93 bits per heavy atom. The van der Waals surface area contributed by atoms with Gasteiger partial charge in [0.1, 0.15) is 11.6 Å². The van der Waals surface area contributed by atoms with Crippen LogP contribution in [0, 0.1) is 17.6 Å². The van der Waals surface area contributed by atoms with Gasteiger partial charge in [-0.25, -0.2) is 18.7 Å². The van der Waals surface area contributed by atoms with Crippen LogP contribution in [0.1, 0.15) is 12.8 Å². The lowest BCUT2D eigenvalue weighted by atomic mass is 9.97. The van der Waals surface area contributed by atoms with Crippen molar-refractivity contribution in [1.82, 2.24) is 9.97 Å². The van der Waals surface area contributed by atoms with Crippen LogP contribution >= 0.6 is 0 Å². The first-order valence-corrected chi connectivity index (χ1v) is 9.37. The minimum absolute atomic E-state index is 0.157. The number of carbonyl (C=O) groups excluding carboxylic acids is 1. The van der Waals surface area contributed by atoms with Gasteiger partial charge in [0, 0.05) is 19.2 Å². The number of amides is 1. The normalized spacial score (nSPS) is 16.7. The van der Waals surface area contributed by atoms with E-state index in [4.69, 9.17) is 4.74 Å². The molecule has 0 radical (unpaired) electrons. The molecule has 29 heavy (non-hydrogen) atoms. The van der Waals surface area contributed by atoms with E-state index in [9.17, 15) is 13.6 Å². The Hall–Kier alpha value is -3.29. The number of benzene rings is 2. The summed E-state index contributed by atoms with van der Waals surface area (Å²) in [7, 11) is 1.53. The lowest BCUT2D eigenvalue weighted by Gasteiger charge is -2.33. The van der Waals surface area contributed by atoms with E-state index in [1.165, 1.54) is 7.11 Å². The average molecular weight is 398 g/mol. The molecule has 4 rings (SSSR count). The van der Waals surface area contributed by atoms with Gasteiger partial charge >= 0.3 is 0 Å². The number of aromatic nitrogens is 2. The third kappa shape index (κ3) is 3.96. The second-order valence-corrected chi connectivity index (χ2v) is 6.94. The number of anilines is 2. The van der Waals surface area contributed by atoms with Crippen molar-refractivity contribution < 1.29 is 18.3 Å². The van der Waals surface area contributed by atoms with Gasteiger partial charge in [-0.3, -0.25) is 4.79 Å². The smallest absolute Gasteiger partial charge is 0.257 e. The number of nitrogens with one attached hydrogen (secondary N) is 1. The fraction of sp³-hybridized carbons (Fsp3) is 0.286. The molecule has 3 aromatic rings. The molecule has 6 nitrogen and oxygen atoms in total. The van der Waals surface area contributed by atoms with Crippen molar-refractivity contribution in [3.05, 3.63) is 54.1 Å². The summed E-state index contributed by atoms with van der Waals surface area (Å²) in [5.41, 5.74) is 1.30. The number of methoxy groups -OCH3 is 1. The second-order valence-electron chi connectivity index (χ2n) is 6.94. The van der Waals surface area contributed by atoms with Gasteiger partial charge in [-0.05, 0) is 37.1 Å². The van der Waals surface area contributed by atoms with Crippen LogP contribution in [-0.2, 0) is 4.79 Å². The van der Waals surface area contributed by atoms with Crippen LogP contribution < -0.4 is 15.0 Å². The van der Waals surface area contributed by atoms with Crippen molar-refractivity contribution in [2.45, 2.75) is 12.8 Å². The quantitative estimate of drug-likeness (QED) is 0.725. The van der Waals surface area contributed by atoms with Crippen molar-refractivity contribution in [1.29, 1.82) is 0 Å². The van der Waals surface area contributed by atoms with Crippen LogP contribution in [0.4, 0.5) is 20.3 Å². The van der Waals surface area contributed by atoms with E-state index in [0.717, 1.165) is 35.7 Å². The van der Waals surface area contributed by atoms with Gasteiger partial charge in [0.15, 0.2) is 5.82 Å². The summed E-state index contributed by atoms with van der Waals surface area (Å²) in [5, 5.41) is 2.50. The van der Waals surface area contributed by atoms with E-state index < -0.39 is 17.6 Å². The standard InChI is InChI=1S/C21H20F2N4O2/c1-29-21-19(24-16-6-2-3-7-17(16)26-21)27-10-4-5-13(12-27)20(28)25-18-11-14(22)8-9-15(18)23/h2-3,6-9,11,13H,4-5,10,12H2,1H3,(H,25,28)/t13-/m1/s1. The molecule has 0 aliphatic carbocycles. The lowest BCUT2D eigenvalue weighted by molar-refractivity contribution is -0.120. The Labute approximate surface area is 166 Å². The number of halogens is 2. The molecule has 1 amide bonds. The highest BCUT2D eigenvalue weighted by Crippen LogP contribution is 2.31. The molecular formula is C21H20F2N4O2. The molecular weight excluding hydrogens is 378 g/mol. The molecule has 1 N–H and O–H groups in total. The second kappa shape index (κ2) is 7.98. The van der Waals surface area contributed by atoms with Crippen molar-refractivity contribution in [3.8, 4) is 5.88 Å². The molecule has 1 aromatic heterocycles. The Kier molecular flexibility index (Phi) is 5.24. The van der Waals surface area contributed by atoms with Crippen molar-refractivity contribution in [2.75, 3.05) is 30.4 Å². The highest BCUT2D eigenvalue weighted by atomic mass is 19.1. The summed E-state index contributed by atoms with van der Waals surface area (Å²) in [4.78, 5) is 23.8. The zero-order valence-electron chi connectivity index (χ0n) is 15.9. The molecule has 0 bridgehead atoms. The average Bonchev–Trinajstić information content (AvgIpc) is 2.75. The topological polar surface area (TPSA) is 67.4 Å². The van der Waals surface area contributed by atoms with E-state index in [1.54, 1.807) is 0 Å². The molecule has 2 aromatic carbocycles. The van der Waals surface area contributed by atoms with Gasteiger partial charge in [-0.1, -0.05) is 12.1 Å². The number of para-hydroxylation sites is 2. The number of hydrogen-bond acceptors (Lipinski definition) is 5. The molecule has 1 saturated heterocycles. The Morgan fingerprint density at radius 1 is 1.17 bits per heavy atom. The third-order valence-corrected chi connectivity index (χ3v) is 4.99. The number of nitrogens with zero attached hydrogens (tertiary/aromatic N) is 3. The highest BCUT2D eigenvalue weighted by molar-refractivity contribution is 5.93. The van der Waals surface area contributed by atoms with Crippen LogP contribution in [-0.4, -0.2) is 36.1 Å². The molecule has 1 aliphatic heterocycles. The van der Waals surface area contributed by atoms with E-state index in [2.05, 4.69) is 15.3 Å². The van der Waals surface area contributed by atoms with Gasteiger partial charge in [-0.15, -0.1) is 0 Å². The van der Waals surface area contributed by atoms with Crippen LogP contribution in [0.3, 0.4) is 0 Å². The van der Waals surface area contributed by atoms with Crippen LogP contribution in [0.15, 0.2) is 42.5 Å². The first-order chi connectivity index (χ1) is 14.0. The number of ether oxygens (including phenoxy) is 1. The number of piperidine rings is 1. The van der Waals surface area contributed by atoms with Gasteiger partial charge in [0.05, 0.1) is 29.7 Å². The molecule has 150 valence electrons. The first kappa shape index (κ1) is 19.0. The van der Waals surface area contributed by atoms with Crippen LogP contribution in [0.5, 0.6) is 5.88 Å². The summed E-state index contributed by atoms with van der Waals surface area (Å²) in [6.45, 7) is 1.08. The molecule has 1 atom stereocenters. The maximum absolute atomic E-state index is 13.9. The maximum Gasteiger partial charge on any atom is 0.257 e. The van der Waals surface area contributed by atoms with Crippen LogP contribution in [0.2, 0.25) is 0 Å². The monoisotopic (exact) mass is 398 g/mol. The van der Waals surface area contributed by atoms with Gasteiger partial charge in [0.2, 0.25) is 5.91 Å². The largest absolute Gasteiger partial charge is 0.478 e. The minimum atomic E-state index is -0.672. The predicted octanol–water partition coefficient (Wildman–Crippen LogP) is 3.77. The predicted molar refractivity (Wildman–Crippen MR) is 106 cm³/mol. The Bertz CT molecular complexity index is 1060. The zero-order valence-corrected chi connectivity index (χ0v) is 15.9. The fourth-order valence-corrected chi connectivity index (χ4v) is 3.53. The molecule has 0 spiro atoms. The summed E-state index contributed by atoms with van der Waals surface area (Å²) in [5.74, 6) is -1.07. The Morgan fingerprint density at radius 3 is 2.69 bits per heavy atom. The molecule has 1 aliphatic rings. The lowest BCUT2D eigenvalue weighted by Crippen LogP contribution is -2.41. The summed E-state index contributed by atoms with van der Waals surface area (Å²) in [6, 6.07) is 10.5. The maximum atomic E-state index is 13.9. The molecule has 8 heteroatoms. The van der Waals surface area contributed by atoms with E-state index in [0.29, 0.717) is 31.2 Å². The zero-order chi connectivity index (χ0) is 20.4. The summed E-state index contributed by atoms with van der Waals surface area (Å²) in [6.07, 6.45) is 1.39. The number of hydrogen-bond donors (Lipinski definition) is 1. The third-order valence-electron chi connectivity index (χ3n) is 4.99. The van der Waals surface area contributed by atoms with E-state index in [-0.39, 0.29) is 11.6 Å². The number of carbonyl (C=O) groups is 1. The van der Waals surface area contributed by atoms with Crippen molar-refractivity contribution >= 4 is 28.4 Å². The SMILES string of the molecule is COc1nc2ccccc2nc1N1CCC[C@@H](C(=O)Nc2cc(F)ccc2F)C1. The van der Waals surface area contributed by atoms with Gasteiger partial charge in [0.25, 0.3) is 5.88 Å². The molecule has 0 saturated carbocycles. The van der Waals surface area contributed by atoms with Crippen LogP contribution in [0.25, 0.3) is 11.0 Å². The van der Waals surface area contributed by atoms with E-state index in [1.807, 2.05) is 29.2 Å². The van der Waals surface area contributed by atoms with Gasteiger partial charge in [-0.2, -0.15) is 0 Å². The van der Waals surface area contributed by atoms with E-state index >= 15 is 0 Å². The van der Waals surface area contributed by atoms with Gasteiger partial charge < -0.3 is 15.0 Å². The number of fused-ring (bicyclic) bond motifs is 1. The number of rotatable bonds is 4. The Balaban J connectivity index is 1.56. The summed E-state index contributed by atoms with van der Waals surface area (Å²) < 4.78 is 32.7. The molecule has 0 unspecified atom stereocenters. The fourth-order valence-electron chi connectivity index (χ4n) is 3.53. The molecule has 2 heterocycles. The van der Waals surface area contributed by atoms with Crippen molar-refractivity contribution in [3.63, 3.8) is 0 Å². The summed E-state index contributed by atoms with van der Waals surface area (Å²) >= 11 is 0. The minimum Gasteiger partial charge on any atom is -0.478 e.